The molecule has 0 saturated heterocycles. The normalized spacial score (nSPS) is 14.8. The molecule has 2 rings (SSSR count). The van der Waals surface area contributed by atoms with Gasteiger partial charge in [0.2, 0.25) is 0 Å². The van der Waals surface area contributed by atoms with Gasteiger partial charge in [0.1, 0.15) is 0 Å². The van der Waals surface area contributed by atoms with E-state index in [9.17, 15) is 8.42 Å². The molecule has 2 aromatic carbocycles. The van der Waals surface area contributed by atoms with Gasteiger partial charge in [0.15, 0.2) is 0 Å². The molecule has 0 radical (unpaired) electrons. The Morgan fingerprint density at radius 1 is 1.00 bits per heavy atom. The SMILES string of the molecule is C=CC(CO[Si](c1ccccc1)(c1ccccc1)C(C)(C)C)CC(C)OS(C)(=O)=O. The predicted octanol–water partition coefficient (Wildman–Crippen LogP) is 4.12. The fourth-order valence-electron chi connectivity index (χ4n) is 3.99. The molecule has 0 heterocycles. The third-order valence-electron chi connectivity index (χ3n) is 5.24. The van der Waals surface area contributed by atoms with Crippen LogP contribution in [0.25, 0.3) is 0 Å². The smallest absolute Gasteiger partial charge is 0.264 e. The summed E-state index contributed by atoms with van der Waals surface area (Å²) in [6.45, 7) is 12.9. The van der Waals surface area contributed by atoms with Gasteiger partial charge in [-0.25, -0.2) is 0 Å². The lowest BCUT2D eigenvalue weighted by atomic mass is 10.0. The summed E-state index contributed by atoms with van der Waals surface area (Å²) in [7, 11) is -6.13. The molecule has 0 bridgehead atoms. The Hall–Kier alpha value is -1.73. The average molecular weight is 447 g/mol. The average Bonchev–Trinajstić information content (AvgIpc) is 2.66. The Bertz CT molecular complexity index is 866. The van der Waals surface area contributed by atoms with Gasteiger partial charge in [0.25, 0.3) is 18.4 Å². The molecule has 0 spiro atoms. The van der Waals surface area contributed by atoms with Gasteiger partial charge in [-0.1, -0.05) is 87.5 Å². The van der Waals surface area contributed by atoms with Crippen LogP contribution in [-0.2, 0) is 18.7 Å². The zero-order valence-corrected chi connectivity index (χ0v) is 20.5. The minimum absolute atomic E-state index is 0.0246. The molecule has 4 nitrogen and oxygen atoms in total. The van der Waals surface area contributed by atoms with Crippen molar-refractivity contribution in [3.63, 3.8) is 0 Å². The second-order valence-electron chi connectivity index (χ2n) is 8.82. The zero-order chi connectivity index (χ0) is 22.4. The molecule has 0 aliphatic heterocycles. The standard InChI is InChI=1S/C24H34O4SSi/c1-7-21(18-20(2)28-29(6,25)26)19-27-30(24(3,4)5,22-14-10-8-11-15-22)23-16-12-9-13-17-23/h7-17,20-21H,1,18-19H2,2-6H3. The highest BCUT2D eigenvalue weighted by Gasteiger charge is 2.50. The molecule has 2 unspecified atom stereocenters. The maximum absolute atomic E-state index is 11.5. The van der Waals surface area contributed by atoms with Gasteiger partial charge in [0.05, 0.1) is 12.4 Å². The van der Waals surface area contributed by atoms with Crippen LogP contribution < -0.4 is 10.4 Å². The predicted molar refractivity (Wildman–Crippen MR) is 127 cm³/mol. The van der Waals surface area contributed by atoms with Gasteiger partial charge in [-0.05, 0) is 28.8 Å². The minimum Gasteiger partial charge on any atom is -0.407 e. The van der Waals surface area contributed by atoms with Gasteiger partial charge in [0, 0.05) is 12.5 Å². The van der Waals surface area contributed by atoms with Gasteiger partial charge < -0.3 is 4.43 Å². The summed E-state index contributed by atoms with van der Waals surface area (Å²) in [5.74, 6) is -0.0246. The third-order valence-corrected chi connectivity index (χ3v) is 10.9. The van der Waals surface area contributed by atoms with Crippen LogP contribution in [0.2, 0.25) is 5.04 Å². The van der Waals surface area contributed by atoms with Crippen molar-refractivity contribution in [2.45, 2.75) is 45.3 Å². The van der Waals surface area contributed by atoms with E-state index in [1.807, 2.05) is 18.2 Å². The molecule has 0 aromatic heterocycles. The van der Waals surface area contributed by atoms with Crippen molar-refractivity contribution in [2.75, 3.05) is 12.9 Å². The van der Waals surface area contributed by atoms with E-state index in [0.717, 1.165) is 6.26 Å². The summed E-state index contributed by atoms with van der Waals surface area (Å²) < 4.78 is 34.9. The monoisotopic (exact) mass is 446 g/mol. The van der Waals surface area contributed by atoms with Crippen LogP contribution in [0.3, 0.4) is 0 Å². The number of hydrogen-bond donors (Lipinski definition) is 0. The maximum Gasteiger partial charge on any atom is 0.264 e. The molecule has 30 heavy (non-hydrogen) atoms. The second-order valence-corrected chi connectivity index (χ2v) is 14.7. The molecule has 0 aliphatic rings. The lowest BCUT2D eigenvalue weighted by Gasteiger charge is -2.43. The summed E-state index contributed by atoms with van der Waals surface area (Å²) in [4.78, 5) is 0. The van der Waals surface area contributed by atoms with E-state index < -0.39 is 24.5 Å². The summed E-state index contributed by atoms with van der Waals surface area (Å²) in [5.41, 5.74) is 0. The van der Waals surface area contributed by atoms with Crippen molar-refractivity contribution in [3.8, 4) is 0 Å². The number of hydrogen-bond acceptors (Lipinski definition) is 4. The van der Waals surface area contributed by atoms with E-state index in [4.69, 9.17) is 8.61 Å². The maximum atomic E-state index is 11.5. The summed E-state index contributed by atoms with van der Waals surface area (Å²) in [6, 6.07) is 20.9. The molecule has 0 amide bonds. The Morgan fingerprint density at radius 2 is 1.47 bits per heavy atom. The van der Waals surface area contributed by atoms with Gasteiger partial charge >= 0.3 is 0 Å². The fourth-order valence-corrected chi connectivity index (χ4v) is 9.28. The first kappa shape index (κ1) is 24.5. The molecule has 2 atom stereocenters. The van der Waals surface area contributed by atoms with Crippen LogP contribution in [0.1, 0.15) is 34.1 Å². The number of benzene rings is 2. The Kier molecular flexibility index (Phi) is 8.22. The summed E-state index contributed by atoms with van der Waals surface area (Å²) in [6.07, 6.45) is 2.99. The molecule has 0 saturated carbocycles. The van der Waals surface area contributed by atoms with Gasteiger partial charge in [-0.15, -0.1) is 6.58 Å². The van der Waals surface area contributed by atoms with Crippen molar-refractivity contribution < 1.29 is 17.0 Å². The molecular formula is C24H34O4SSi. The van der Waals surface area contributed by atoms with Crippen LogP contribution in [0.5, 0.6) is 0 Å². The first-order valence-electron chi connectivity index (χ1n) is 10.3. The van der Waals surface area contributed by atoms with E-state index >= 15 is 0 Å². The molecule has 2 aromatic rings. The first-order valence-corrected chi connectivity index (χ1v) is 14.0. The number of rotatable bonds is 10. The highest BCUT2D eigenvalue weighted by molar-refractivity contribution is 7.86. The molecule has 0 fully saturated rings. The molecule has 6 heteroatoms. The molecular weight excluding hydrogens is 412 g/mol. The molecule has 0 N–H and O–H groups in total. The van der Waals surface area contributed by atoms with Crippen molar-refractivity contribution in [1.29, 1.82) is 0 Å². The van der Waals surface area contributed by atoms with E-state index in [0.29, 0.717) is 13.0 Å². The van der Waals surface area contributed by atoms with Gasteiger partial charge in [-0.2, -0.15) is 8.42 Å². The third kappa shape index (κ3) is 6.14. The quantitative estimate of drug-likeness (QED) is 0.313. The van der Waals surface area contributed by atoms with Crippen LogP contribution in [0, 0.1) is 5.92 Å². The molecule has 0 aliphatic carbocycles. The van der Waals surface area contributed by atoms with Crippen molar-refractivity contribution in [3.05, 3.63) is 73.3 Å². The second kappa shape index (κ2) is 10.0. The minimum atomic E-state index is -3.50. The molecule has 164 valence electrons. The topological polar surface area (TPSA) is 52.6 Å². The van der Waals surface area contributed by atoms with Crippen molar-refractivity contribution >= 4 is 28.8 Å². The van der Waals surface area contributed by atoms with E-state index in [2.05, 4.69) is 75.9 Å². The lowest BCUT2D eigenvalue weighted by Crippen LogP contribution is -2.66. The Balaban J connectivity index is 2.39. The van der Waals surface area contributed by atoms with E-state index in [1.54, 1.807) is 6.92 Å². The van der Waals surface area contributed by atoms with Crippen LogP contribution in [-0.4, -0.2) is 35.7 Å². The zero-order valence-electron chi connectivity index (χ0n) is 18.7. The van der Waals surface area contributed by atoms with Crippen molar-refractivity contribution in [1.82, 2.24) is 0 Å². The van der Waals surface area contributed by atoms with Crippen LogP contribution in [0.4, 0.5) is 0 Å². The van der Waals surface area contributed by atoms with Crippen LogP contribution >= 0.6 is 0 Å². The highest BCUT2D eigenvalue weighted by Crippen LogP contribution is 2.37. The fraction of sp³-hybridized carbons (Fsp3) is 0.417. The highest BCUT2D eigenvalue weighted by atomic mass is 32.2. The van der Waals surface area contributed by atoms with Crippen LogP contribution in [0.15, 0.2) is 73.3 Å². The van der Waals surface area contributed by atoms with Crippen molar-refractivity contribution in [2.24, 2.45) is 5.92 Å². The van der Waals surface area contributed by atoms with E-state index in [-0.39, 0.29) is 11.0 Å². The summed E-state index contributed by atoms with van der Waals surface area (Å²) in [5, 5.41) is 2.31. The van der Waals surface area contributed by atoms with E-state index in [1.165, 1.54) is 10.4 Å². The van der Waals surface area contributed by atoms with Gasteiger partial charge in [-0.3, -0.25) is 4.18 Å². The first-order chi connectivity index (χ1) is 14.0. The Labute approximate surface area is 183 Å². The Morgan fingerprint density at radius 3 is 1.83 bits per heavy atom. The summed E-state index contributed by atoms with van der Waals surface area (Å²) >= 11 is 0. The largest absolute Gasteiger partial charge is 0.407 e. The lowest BCUT2D eigenvalue weighted by molar-refractivity contribution is 0.174.